The first-order chi connectivity index (χ1) is 15.1. The van der Waals surface area contributed by atoms with Crippen LogP contribution in [0, 0.1) is 0 Å². The summed E-state index contributed by atoms with van der Waals surface area (Å²) in [6.45, 7) is 0. The minimum absolute atomic E-state index is 0.161. The van der Waals surface area contributed by atoms with Gasteiger partial charge in [0.15, 0.2) is 28.7 Å². The maximum atomic E-state index is 12.2. The van der Waals surface area contributed by atoms with Gasteiger partial charge in [-0.2, -0.15) is 4.98 Å². The van der Waals surface area contributed by atoms with Crippen LogP contribution in [-0.2, 0) is 4.79 Å². The Morgan fingerprint density at radius 3 is 2.52 bits per heavy atom. The number of hydrogen-bond acceptors (Lipinski definition) is 10. The minimum atomic E-state index is -0.706. The van der Waals surface area contributed by atoms with Gasteiger partial charge in [-0.15, -0.1) is 0 Å². The molecule has 1 aromatic carbocycles. The fourth-order valence-electron chi connectivity index (χ4n) is 3.18. The minimum Gasteiger partial charge on any atom is -0.493 e. The third-order valence-electron chi connectivity index (χ3n) is 4.96. The van der Waals surface area contributed by atoms with Crippen molar-refractivity contribution in [2.24, 2.45) is 0 Å². The first kappa shape index (κ1) is 18.9. The van der Waals surface area contributed by atoms with E-state index in [-0.39, 0.29) is 11.9 Å². The molecule has 1 amide bonds. The van der Waals surface area contributed by atoms with Gasteiger partial charge in [-0.25, -0.2) is 15.0 Å². The van der Waals surface area contributed by atoms with Crippen LogP contribution in [0.25, 0.3) is 0 Å². The van der Waals surface area contributed by atoms with Gasteiger partial charge in [0.1, 0.15) is 12.1 Å². The van der Waals surface area contributed by atoms with Gasteiger partial charge in [-0.05, 0) is 24.3 Å². The largest absolute Gasteiger partial charge is 0.493 e. The van der Waals surface area contributed by atoms with Crippen LogP contribution in [0.3, 0.4) is 0 Å². The molecule has 1 spiro atoms. The highest BCUT2D eigenvalue weighted by Crippen LogP contribution is 2.46. The Morgan fingerprint density at radius 1 is 1.00 bits per heavy atom. The number of anilines is 5. The van der Waals surface area contributed by atoms with E-state index >= 15 is 0 Å². The van der Waals surface area contributed by atoms with Crippen LogP contribution in [0.5, 0.6) is 17.2 Å². The van der Waals surface area contributed by atoms with E-state index in [4.69, 9.17) is 14.2 Å². The summed E-state index contributed by atoms with van der Waals surface area (Å²) < 4.78 is 16.3. The number of amides is 1. The molecule has 0 radical (unpaired) electrons. The van der Waals surface area contributed by atoms with Gasteiger partial charge >= 0.3 is 0 Å². The molecular weight excluding hydrogens is 402 g/mol. The molecule has 1 aliphatic heterocycles. The van der Waals surface area contributed by atoms with E-state index in [1.807, 2.05) is 6.07 Å². The van der Waals surface area contributed by atoms with E-state index in [2.05, 4.69) is 35.9 Å². The average molecular weight is 421 g/mol. The van der Waals surface area contributed by atoms with Crippen molar-refractivity contribution in [2.45, 2.75) is 18.4 Å². The number of hydrogen-bond donors (Lipinski definition) is 3. The maximum Gasteiger partial charge on any atom is 0.269 e. The molecule has 1 saturated carbocycles. The summed E-state index contributed by atoms with van der Waals surface area (Å²) in [7, 11) is 3.14. The highest BCUT2D eigenvalue weighted by molar-refractivity contribution is 6.02. The molecule has 0 bridgehead atoms. The molecule has 2 aliphatic rings. The van der Waals surface area contributed by atoms with E-state index in [1.165, 1.54) is 6.33 Å². The topological polar surface area (TPSA) is 132 Å². The predicted molar refractivity (Wildman–Crippen MR) is 111 cm³/mol. The Kier molecular flexibility index (Phi) is 4.42. The summed E-state index contributed by atoms with van der Waals surface area (Å²) >= 11 is 0. The second-order valence-electron chi connectivity index (χ2n) is 7.05. The van der Waals surface area contributed by atoms with E-state index in [9.17, 15) is 4.79 Å². The van der Waals surface area contributed by atoms with Crippen molar-refractivity contribution in [2.75, 3.05) is 30.2 Å². The molecular formula is C20H19N7O4. The second kappa shape index (κ2) is 7.27. The van der Waals surface area contributed by atoms with Gasteiger partial charge < -0.3 is 30.2 Å². The number of pyridine rings is 1. The molecule has 3 heterocycles. The molecule has 31 heavy (non-hydrogen) atoms. The molecule has 158 valence electrons. The summed E-state index contributed by atoms with van der Waals surface area (Å²) in [5, 5.41) is 8.90. The molecule has 3 N–H and O–H groups in total. The maximum absolute atomic E-state index is 12.2. The lowest BCUT2D eigenvalue weighted by Crippen LogP contribution is -2.39. The number of nitrogens with one attached hydrogen (secondary N) is 3. The number of methoxy groups -OCH3 is 2. The Morgan fingerprint density at radius 2 is 1.77 bits per heavy atom. The van der Waals surface area contributed by atoms with Crippen LogP contribution in [0.15, 0.2) is 36.7 Å². The highest BCUT2D eigenvalue weighted by atomic mass is 16.5. The zero-order chi connectivity index (χ0) is 21.4. The summed E-state index contributed by atoms with van der Waals surface area (Å²) in [4.78, 5) is 29.2. The predicted octanol–water partition coefficient (Wildman–Crippen LogP) is 2.63. The molecule has 1 aliphatic carbocycles. The number of aromatic nitrogens is 4. The quantitative estimate of drug-likeness (QED) is 0.545. The fraction of sp³-hybridized carbons (Fsp3) is 0.250. The number of rotatable bonds is 6. The average Bonchev–Trinajstić information content (AvgIpc) is 3.55. The van der Waals surface area contributed by atoms with Gasteiger partial charge in [0.25, 0.3) is 5.91 Å². The van der Waals surface area contributed by atoms with Crippen LogP contribution in [-0.4, -0.2) is 45.7 Å². The van der Waals surface area contributed by atoms with Gasteiger partial charge in [-0.1, -0.05) is 0 Å². The Hall–Kier alpha value is -4.15. The molecule has 0 atom stereocenters. The number of carbonyl (C=O) groups is 1. The zero-order valence-electron chi connectivity index (χ0n) is 16.8. The Labute approximate surface area is 177 Å². The number of fused-ring (bicyclic) bond motifs is 1. The van der Waals surface area contributed by atoms with Crippen molar-refractivity contribution in [3.8, 4) is 17.2 Å². The molecule has 2 aromatic heterocycles. The van der Waals surface area contributed by atoms with Crippen molar-refractivity contribution in [1.29, 1.82) is 0 Å². The smallest absolute Gasteiger partial charge is 0.269 e. The molecule has 1 fully saturated rings. The van der Waals surface area contributed by atoms with Crippen molar-refractivity contribution >= 4 is 35.1 Å². The summed E-state index contributed by atoms with van der Waals surface area (Å²) in [6.07, 6.45) is 2.82. The van der Waals surface area contributed by atoms with Crippen molar-refractivity contribution < 1.29 is 19.0 Å². The molecule has 11 nitrogen and oxygen atoms in total. The standard InChI is InChI=1S/C20H19N7O4/c1-29-12-4-3-11(9-14(12)30-2)23-18-21-10-22-19(27-18)25-15-6-5-13-16(24-15)26-17(28)20(31-13)7-8-20/h3-6,9-10H,7-8H2,1-2H3,(H3,21,22,23,24,25,26,27,28). The van der Waals surface area contributed by atoms with E-state index in [0.717, 1.165) is 18.5 Å². The molecule has 11 heteroatoms. The number of ether oxygens (including phenoxy) is 3. The van der Waals surface area contributed by atoms with Gasteiger partial charge in [-0.3, -0.25) is 4.79 Å². The first-order valence-electron chi connectivity index (χ1n) is 9.55. The highest BCUT2D eigenvalue weighted by Gasteiger charge is 2.55. The van der Waals surface area contributed by atoms with Crippen molar-refractivity contribution in [1.82, 2.24) is 19.9 Å². The number of nitrogens with zero attached hydrogens (tertiary/aromatic N) is 4. The molecule has 5 rings (SSSR count). The number of benzene rings is 1. The van der Waals surface area contributed by atoms with Crippen LogP contribution in [0.4, 0.5) is 29.2 Å². The molecule has 0 saturated heterocycles. The summed E-state index contributed by atoms with van der Waals surface area (Å²) in [5.74, 6) is 3.02. The van der Waals surface area contributed by atoms with Crippen LogP contribution >= 0.6 is 0 Å². The van der Waals surface area contributed by atoms with Crippen LogP contribution < -0.4 is 30.2 Å². The monoisotopic (exact) mass is 421 g/mol. The number of carbonyl (C=O) groups excluding carboxylic acids is 1. The second-order valence-corrected chi connectivity index (χ2v) is 7.05. The Bertz CT molecular complexity index is 1170. The van der Waals surface area contributed by atoms with Gasteiger partial charge in [0.2, 0.25) is 11.9 Å². The normalized spacial score (nSPS) is 15.4. The van der Waals surface area contributed by atoms with Crippen molar-refractivity contribution in [3.05, 3.63) is 36.7 Å². The third-order valence-corrected chi connectivity index (χ3v) is 4.96. The van der Waals surface area contributed by atoms with Crippen LogP contribution in [0.2, 0.25) is 0 Å². The van der Waals surface area contributed by atoms with Gasteiger partial charge in [0, 0.05) is 24.6 Å². The van der Waals surface area contributed by atoms with Gasteiger partial charge in [0.05, 0.1) is 14.2 Å². The van der Waals surface area contributed by atoms with E-state index < -0.39 is 5.60 Å². The van der Waals surface area contributed by atoms with E-state index in [1.54, 1.807) is 38.5 Å². The van der Waals surface area contributed by atoms with Crippen LogP contribution in [0.1, 0.15) is 12.8 Å². The summed E-state index contributed by atoms with van der Waals surface area (Å²) in [5.41, 5.74) is 0.0123. The lowest BCUT2D eigenvalue weighted by molar-refractivity contribution is -0.125. The first-order valence-corrected chi connectivity index (χ1v) is 9.55. The Balaban J connectivity index is 1.32. The summed E-state index contributed by atoms with van der Waals surface area (Å²) in [6, 6.07) is 8.86. The molecule has 3 aromatic rings. The zero-order valence-corrected chi connectivity index (χ0v) is 16.8. The SMILES string of the molecule is COc1ccc(Nc2ncnc(Nc3ccc4c(n3)NC(=O)C3(CC3)O4)n2)cc1OC. The third kappa shape index (κ3) is 3.61. The fourth-order valence-corrected chi connectivity index (χ4v) is 3.18. The lowest BCUT2D eigenvalue weighted by Gasteiger charge is -2.25. The molecule has 0 unspecified atom stereocenters. The lowest BCUT2D eigenvalue weighted by atomic mass is 10.2. The van der Waals surface area contributed by atoms with E-state index in [0.29, 0.717) is 34.8 Å². The van der Waals surface area contributed by atoms with Crippen molar-refractivity contribution in [3.63, 3.8) is 0 Å².